The second-order valence-corrected chi connectivity index (χ2v) is 45.3. The van der Waals surface area contributed by atoms with Crippen LogP contribution in [0.4, 0.5) is 0 Å². The first-order valence-corrected chi connectivity index (χ1v) is 53.6. The molecule has 7 aromatic rings. The van der Waals surface area contributed by atoms with Gasteiger partial charge in [0.15, 0.2) is 46.3 Å². The standard InChI is InChI=1S/C100H158Cl4N12O8S4/c1-29-113(25,30-2)45-57-125-89-77(101)81(117-49-37-61(9)10)69-73(85(89)121-53-41-65(17)18)97-105-93(69)110-98-75-71(83(119-51-39-63(13)14)79(103)91(87(75)123-55-43-67(21)22)127-59-47-115(27,33-5)34-6)95(107-98)112-100-76-72(84(120-52-40-64(15)16)80(104)92(88(76)124-56-44-68(23)24)128-60-48-116(28,35-7)36-8)96(108-100)111-99-74-70(94(106-99)109-97)82(118-50-38-62(11)12)78(102)90(86(74)122-54-42-66(19)20)126-58-46-114(26,31-3)32-4/h61-68H,29-60H2,1-28H3,(H2,105,106,107,108,109,110,111,112)/q+4. The second kappa shape index (κ2) is 49.0. The summed E-state index contributed by atoms with van der Waals surface area (Å²) in [6, 6.07) is 0. The molecule has 8 bridgehead atoms. The van der Waals surface area contributed by atoms with Crippen LogP contribution in [-0.2, 0) is 0 Å². The van der Waals surface area contributed by atoms with Crippen LogP contribution in [0.5, 0.6) is 46.0 Å². The van der Waals surface area contributed by atoms with Gasteiger partial charge in [-0.15, -0.1) is 47.0 Å². The van der Waals surface area contributed by atoms with Crippen molar-refractivity contribution in [3.8, 4) is 91.5 Å². The summed E-state index contributed by atoms with van der Waals surface area (Å²) >= 11 is 40.0. The van der Waals surface area contributed by atoms with Gasteiger partial charge < -0.3 is 65.8 Å². The lowest BCUT2D eigenvalue weighted by atomic mass is 10.0. The highest BCUT2D eigenvalue weighted by Gasteiger charge is 2.40. The maximum absolute atomic E-state index is 8.33. The molecular weight excluding hydrogens is 1770 g/mol. The first kappa shape index (κ1) is 107. The zero-order valence-corrected chi connectivity index (χ0v) is 89.4. The summed E-state index contributed by atoms with van der Waals surface area (Å²) < 4.78 is 62.9. The fourth-order valence-electron chi connectivity index (χ4n) is 14.8. The molecule has 4 aromatic carbocycles. The average Bonchev–Trinajstić information content (AvgIpc) is 1.55. The van der Waals surface area contributed by atoms with Crippen molar-refractivity contribution in [2.75, 3.05) is 183 Å². The molecule has 0 aliphatic carbocycles. The number of ether oxygens (including phenoxy) is 8. The molecule has 0 radical (unpaired) electrons. The number of benzene rings is 4. The first-order chi connectivity index (χ1) is 60.8. The number of nitrogens with one attached hydrogen (secondary N) is 2. The second-order valence-electron chi connectivity index (χ2n) is 39.4. The van der Waals surface area contributed by atoms with Gasteiger partial charge in [0.2, 0.25) is 0 Å². The van der Waals surface area contributed by atoms with Gasteiger partial charge in [-0.3, -0.25) is 0 Å². The van der Waals surface area contributed by atoms with E-state index in [1.807, 2.05) is 0 Å². The Balaban J connectivity index is 1.71. The predicted molar refractivity (Wildman–Crippen MR) is 547 cm³/mol. The lowest BCUT2D eigenvalue weighted by Gasteiger charge is -2.32. The molecule has 0 spiro atoms. The third-order valence-electron chi connectivity index (χ3n) is 26.0. The Hall–Kier alpha value is -4.96. The van der Waals surface area contributed by atoms with E-state index in [0.717, 1.165) is 167 Å². The smallest absolute Gasteiger partial charge is 0.168 e. The number of H-pyrrole nitrogens is 2. The molecule has 714 valence electrons. The fourth-order valence-corrected chi connectivity index (χ4v) is 21.3. The van der Waals surface area contributed by atoms with Crippen LogP contribution < -0.4 is 37.9 Å². The number of quaternary nitrogens is 4. The van der Waals surface area contributed by atoms with Crippen LogP contribution in [0.2, 0.25) is 20.1 Å². The number of thioether (sulfide) groups is 4. The first-order valence-electron chi connectivity index (χ1n) is 48.1. The van der Waals surface area contributed by atoms with Crippen LogP contribution in [0.25, 0.3) is 89.7 Å². The molecule has 0 fully saturated rings. The van der Waals surface area contributed by atoms with Crippen molar-refractivity contribution in [1.82, 2.24) is 39.9 Å². The third kappa shape index (κ3) is 26.8. The highest BCUT2D eigenvalue weighted by molar-refractivity contribution is 8.00. The van der Waals surface area contributed by atoms with Crippen LogP contribution >= 0.6 is 93.5 Å². The quantitative estimate of drug-likeness (QED) is 0.0271. The highest BCUT2D eigenvalue weighted by atomic mass is 35.5. The Kier molecular flexibility index (Phi) is 40.8. The minimum atomic E-state index is 0.237. The van der Waals surface area contributed by atoms with Crippen LogP contribution in [0.1, 0.15) is 218 Å². The summed E-state index contributed by atoms with van der Waals surface area (Å²) in [7, 11) is 9.26. The van der Waals surface area contributed by atoms with Gasteiger partial charge in [0.05, 0.1) is 223 Å². The van der Waals surface area contributed by atoms with Crippen LogP contribution in [0.3, 0.4) is 0 Å². The summed E-state index contributed by atoms with van der Waals surface area (Å²) in [6.07, 6.45) is 5.81. The Labute approximate surface area is 805 Å². The molecule has 128 heavy (non-hydrogen) atoms. The van der Waals surface area contributed by atoms with E-state index < -0.39 is 0 Å². The van der Waals surface area contributed by atoms with Crippen molar-refractivity contribution in [1.29, 1.82) is 0 Å². The Bertz CT molecular complexity index is 4700. The molecule has 0 saturated carbocycles. The number of rotatable bonds is 56. The highest BCUT2D eigenvalue weighted by Crippen LogP contribution is 2.60. The minimum absolute atomic E-state index is 0.237. The van der Waals surface area contributed by atoms with E-state index in [4.69, 9.17) is 114 Å². The molecule has 20 nitrogen and oxygen atoms in total. The number of aromatic nitrogens is 8. The third-order valence-corrected chi connectivity index (χ3v) is 32.1. The van der Waals surface area contributed by atoms with Gasteiger partial charge in [-0.2, -0.15) is 0 Å². The van der Waals surface area contributed by atoms with Gasteiger partial charge in [-0.25, -0.2) is 29.9 Å². The number of halogens is 4. The number of aromatic amines is 2. The van der Waals surface area contributed by atoms with E-state index in [1.165, 1.54) is 0 Å². The van der Waals surface area contributed by atoms with Crippen LogP contribution in [0.15, 0.2) is 19.6 Å². The Morgan fingerprint density at radius 3 is 0.633 bits per heavy atom. The average molecular weight is 1930 g/mol. The summed E-state index contributed by atoms with van der Waals surface area (Å²) in [4.78, 5) is 46.7. The molecule has 5 heterocycles. The zero-order chi connectivity index (χ0) is 93.9. The molecule has 2 aliphatic heterocycles. The summed E-state index contributed by atoms with van der Waals surface area (Å²) in [6.45, 7) is 67.1. The molecule has 3 aromatic heterocycles. The van der Waals surface area contributed by atoms with E-state index >= 15 is 0 Å². The van der Waals surface area contributed by atoms with E-state index in [1.54, 1.807) is 47.0 Å². The number of nitrogens with zero attached hydrogens (tertiary/aromatic N) is 10. The minimum Gasteiger partial charge on any atom is -0.492 e. The molecule has 9 rings (SSSR count). The van der Waals surface area contributed by atoms with Gasteiger partial charge in [-0.1, -0.05) is 157 Å². The van der Waals surface area contributed by atoms with Crippen LogP contribution in [-0.4, -0.2) is 240 Å². The topological polar surface area (TPSA) is 183 Å². The van der Waals surface area contributed by atoms with Gasteiger partial charge >= 0.3 is 0 Å². The monoisotopic (exact) mass is 1920 g/mol. The fraction of sp³-hybridized carbons (Fsp3) is 0.680. The van der Waals surface area contributed by atoms with Gasteiger partial charge in [0.25, 0.3) is 0 Å². The summed E-state index contributed by atoms with van der Waals surface area (Å²) in [5.74, 6) is 9.75. The SMILES string of the molecule is CC[N+](C)(CC)CCSc1c(Cl)c(OCCC(C)C)c2c(c1OCCC(C)C)-c1nc-2nc2[nH]c(nc3nc(nc4[nH]c(n1)c1c(OCCC(C)C)c(Cl)c(SCC[N+](C)(CC)CC)c(OCCC(C)C)c41)-c1c(OCCC(C)C)c(Cl)c(SCC[N+](C)(CC)CC)c(OCCC(C)C)c1-3)c1c(OCCC(C)C)c(Cl)c(SCC[N+](C)(CC)CC)c(OCCC(C)C)c21. The van der Waals surface area contributed by atoms with Gasteiger partial charge in [-0.05, 0) is 154 Å². The molecule has 2 N–H and O–H groups in total. The molecule has 0 amide bonds. The zero-order valence-electron chi connectivity index (χ0n) is 83.1. The lowest BCUT2D eigenvalue weighted by Crippen LogP contribution is -2.45. The number of hydrogen-bond acceptors (Lipinski definition) is 18. The van der Waals surface area contributed by atoms with E-state index in [0.29, 0.717) is 208 Å². The van der Waals surface area contributed by atoms with Gasteiger partial charge in [0.1, 0.15) is 65.7 Å². The number of fused-ring (bicyclic) bond motifs is 20. The largest absolute Gasteiger partial charge is 0.492 e. The van der Waals surface area contributed by atoms with E-state index in [2.05, 4.69) is 204 Å². The number of hydrogen-bond donors (Lipinski definition) is 2. The Morgan fingerprint density at radius 2 is 0.422 bits per heavy atom. The summed E-state index contributed by atoms with van der Waals surface area (Å²) in [5, 5.41) is 3.79. The summed E-state index contributed by atoms with van der Waals surface area (Å²) in [5.41, 5.74) is 3.43. The molecule has 0 saturated heterocycles. The normalized spacial score (nSPS) is 12.8. The van der Waals surface area contributed by atoms with Crippen molar-refractivity contribution in [2.24, 2.45) is 47.3 Å². The van der Waals surface area contributed by atoms with Gasteiger partial charge in [0, 0.05) is 23.0 Å². The lowest BCUT2D eigenvalue weighted by molar-refractivity contribution is -0.903. The van der Waals surface area contributed by atoms with Crippen molar-refractivity contribution >= 4 is 138 Å². The van der Waals surface area contributed by atoms with E-state index in [-0.39, 0.29) is 70.6 Å². The molecule has 0 unspecified atom stereocenters. The molecule has 28 heteroatoms. The maximum Gasteiger partial charge on any atom is 0.168 e. The van der Waals surface area contributed by atoms with Crippen LogP contribution in [0, 0.1) is 47.3 Å². The molecular formula is C100H158Cl4N12O8S4+4. The van der Waals surface area contributed by atoms with Crippen molar-refractivity contribution in [3.63, 3.8) is 0 Å². The Morgan fingerprint density at radius 1 is 0.250 bits per heavy atom. The van der Waals surface area contributed by atoms with Crippen molar-refractivity contribution in [3.05, 3.63) is 20.1 Å². The van der Waals surface area contributed by atoms with Crippen molar-refractivity contribution < 1.29 is 55.8 Å². The molecule has 2 aliphatic rings. The predicted octanol–water partition coefficient (Wildman–Crippen LogP) is 27.2. The maximum atomic E-state index is 8.33. The van der Waals surface area contributed by atoms with Crippen molar-refractivity contribution in [2.45, 2.75) is 237 Å². The molecule has 0 atom stereocenters. The van der Waals surface area contributed by atoms with E-state index in [9.17, 15) is 0 Å².